The molecule has 46 valence electrons. The molecule has 0 spiro atoms. The second kappa shape index (κ2) is 2.88. The third kappa shape index (κ3) is 1.66. The lowest BCUT2D eigenvalue weighted by molar-refractivity contribution is 0.713. The van der Waals surface area contributed by atoms with Gasteiger partial charge < -0.3 is 5.32 Å². The third-order valence-corrected chi connectivity index (χ3v) is 1.45. The smallest absolute Gasteiger partial charge is 0.0161 e. The Morgan fingerprint density at radius 3 is 3.38 bits per heavy atom. The highest BCUT2D eigenvalue weighted by molar-refractivity contribution is 5.01. The Kier molecular flexibility index (Phi) is 2.10. The molecule has 1 heterocycles. The van der Waals surface area contributed by atoms with E-state index in [2.05, 4.69) is 18.3 Å². The predicted molar refractivity (Wildman–Crippen MR) is 35.9 cm³/mol. The SMILES string of the molecule is CC1=CCCCNC1. The Labute approximate surface area is 50.8 Å². The molecule has 0 fully saturated rings. The van der Waals surface area contributed by atoms with E-state index in [-0.39, 0.29) is 0 Å². The molecule has 0 saturated carbocycles. The highest BCUT2D eigenvalue weighted by Crippen LogP contribution is 2.00. The molecule has 0 unspecified atom stereocenters. The van der Waals surface area contributed by atoms with Gasteiger partial charge in [0.15, 0.2) is 0 Å². The molecule has 0 aliphatic carbocycles. The Morgan fingerprint density at radius 1 is 1.62 bits per heavy atom. The van der Waals surface area contributed by atoms with Crippen molar-refractivity contribution < 1.29 is 0 Å². The van der Waals surface area contributed by atoms with Crippen LogP contribution in [0.3, 0.4) is 0 Å². The van der Waals surface area contributed by atoms with Gasteiger partial charge in [0.05, 0.1) is 0 Å². The second-order valence-electron chi connectivity index (χ2n) is 2.37. The van der Waals surface area contributed by atoms with E-state index in [1.54, 1.807) is 0 Å². The fraction of sp³-hybridized carbons (Fsp3) is 0.714. The topological polar surface area (TPSA) is 12.0 Å². The molecule has 8 heavy (non-hydrogen) atoms. The first-order valence-corrected chi connectivity index (χ1v) is 3.26. The Bertz CT molecular complexity index is 94.6. The molecule has 0 aromatic rings. The van der Waals surface area contributed by atoms with Crippen LogP contribution in [0.1, 0.15) is 19.8 Å². The summed E-state index contributed by atoms with van der Waals surface area (Å²) < 4.78 is 0. The molecular weight excluding hydrogens is 98.1 g/mol. The van der Waals surface area contributed by atoms with Crippen LogP contribution in [0.5, 0.6) is 0 Å². The van der Waals surface area contributed by atoms with Crippen molar-refractivity contribution in [1.82, 2.24) is 5.32 Å². The van der Waals surface area contributed by atoms with E-state index >= 15 is 0 Å². The van der Waals surface area contributed by atoms with Gasteiger partial charge in [-0.3, -0.25) is 0 Å². The molecule has 1 aliphatic heterocycles. The lowest BCUT2D eigenvalue weighted by Gasteiger charge is -1.95. The molecule has 1 rings (SSSR count). The minimum absolute atomic E-state index is 1.10. The zero-order chi connectivity index (χ0) is 5.82. The van der Waals surface area contributed by atoms with Gasteiger partial charge in [0.25, 0.3) is 0 Å². The highest BCUT2D eigenvalue weighted by Gasteiger charge is 1.93. The maximum absolute atomic E-state index is 3.33. The number of rotatable bonds is 0. The van der Waals surface area contributed by atoms with Gasteiger partial charge in [0.2, 0.25) is 0 Å². The Morgan fingerprint density at radius 2 is 2.50 bits per heavy atom. The first-order valence-electron chi connectivity index (χ1n) is 3.26. The van der Waals surface area contributed by atoms with Gasteiger partial charge >= 0.3 is 0 Å². The van der Waals surface area contributed by atoms with Crippen LogP contribution in [0.4, 0.5) is 0 Å². The van der Waals surface area contributed by atoms with Crippen LogP contribution in [0, 0.1) is 0 Å². The molecular formula is C7H13N. The van der Waals surface area contributed by atoms with Gasteiger partial charge in [-0.15, -0.1) is 0 Å². The monoisotopic (exact) mass is 111 g/mol. The first kappa shape index (κ1) is 5.83. The quantitative estimate of drug-likeness (QED) is 0.465. The van der Waals surface area contributed by atoms with Crippen LogP contribution >= 0.6 is 0 Å². The minimum atomic E-state index is 1.10. The summed E-state index contributed by atoms with van der Waals surface area (Å²) in [7, 11) is 0. The van der Waals surface area contributed by atoms with E-state index < -0.39 is 0 Å². The van der Waals surface area contributed by atoms with Crippen molar-refractivity contribution in [2.24, 2.45) is 0 Å². The van der Waals surface area contributed by atoms with Gasteiger partial charge in [-0.2, -0.15) is 0 Å². The number of allylic oxidation sites excluding steroid dienone is 1. The van der Waals surface area contributed by atoms with Crippen LogP contribution in [0.2, 0.25) is 0 Å². The molecule has 0 amide bonds. The van der Waals surface area contributed by atoms with Gasteiger partial charge in [0, 0.05) is 6.54 Å². The van der Waals surface area contributed by atoms with E-state index in [0.29, 0.717) is 0 Å². The molecule has 1 aliphatic rings. The zero-order valence-corrected chi connectivity index (χ0v) is 5.41. The Hall–Kier alpha value is -0.300. The number of hydrogen-bond acceptors (Lipinski definition) is 1. The summed E-state index contributed by atoms with van der Waals surface area (Å²) in [6.07, 6.45) is 4.89. The standard InChI is InChI=1S/C7H13N/c1-7-4-2-3-5-8-6-7/h4,8H,2-3,5-6H2,1H3. The molecule has 0 radical (unpaired) electrons. The fourth-order valence-electron chi connectivity index (χ4n) is 0.933. The highest BCUT2D eigenvalue weighted by atomic mass is 14.8. The first-order chi connectivity index (χ1) is 3.89. The van der Waals surface area contributed by atoms with E-state index in [1.807, 2.05) is 0 Å². The maximum Gasteiger partial charge on any atom is 0.0161 e. The molecule has 0 atom stereocenters. The minimum Gasteiger partial charge on any atom is -0.313 e. The zero-order valence-electron chi connectivity index (χ0n) is 5.41. The van der Waals surface area contributed by atoms with E-state index in [0.717, 1.165) is 6.54 Å². The molecule has 0 aromatic carbocycles. The summed E-state index contributed by atoms with van der Waals surface area (Å²) in [5, 5.41) is 3.33. The summed E-state index contributed by atoms with van der Waals surface area (Å²) >= 11 is 0. The molecule has 1 N–H and O–H groups in total. The lowest BCUT2D eigenvalue weighted by atomic mass is 10.2. The van der Waals surface area contributed by atoms with Gasteiger partial charge in [-0.05, 0) is 26.3 Å². The molecule has 0 aromatic heterocycles. The second-order valence-corrected chi connectivity index (χ2v) is 2.37. The van der Waals surface area contributed by atoms with Crippen molar-refractivity contribution in [3.63, 3.8) is 0 Å². The van der Waals surface area contributed by atoms with E-state index in [9.17, 15) is 0 Å². The molecule has 1 nitrogen and oxygen atoms in total. The Balaban J connectivity index is 2.36. The van der Waals surface area contributed by atoms with Gasteiger partial charge in [-0.25, -0.2) is 0 Å². The third-order valence-electron chi connectivity index (χ3n) is 1.45. The normalized spacial score (nSPS) is 21.9. The van der Waals surface area contributed by atoms with Crippen LogP contribution in [0.15, 0.2) is 11.6 Å². The number of hydrogen-bond donors (Lipinski definition) is 1. The van der Waals surface area contributed by atoms with Crippen molar-refractivity contribution in [2.75, 3.05) is 13.1 Å². The fourth-order valence-corrected chi connectivity index (χ4v) is 0.933. The summed E-state index contributed by atoms with van der Waals surface area (Å²) in [5.41, 5.74) is 1.49. The molecule has 0 bridgehead atoms. The van der Waals surface area contributed by atoms with Crippen molar-refractivity contribution in [3.05, 3.63) is 11.6 Å². The predicted octanol–water partition coefficient (Wildman–Crippen LogP) is 1.32. The molecule has 1 heteroatoms. The van der Waals surface area contributed by atoms with Crippen LogP contribution in [-0.4, -0.2) is 13.1 Å². The summed E-state index contributed by atoms with van der Waals surface area (Å²) in [6.45, 7) is 4.46. The van der Waals surface area contributed by atoms with Crippen molar-refractivity contribution in [1.29, 1.82) is 0 Å². The average Bonchev–Trinajstić information content (AvgIpc) is 1.94. The summed E-state index contributed by atoms with van der Waals surface area (Å²) in [4.78, 5) is 0. The maximum atomic E-state index is 3.33. The van der Waals surface area contributed by atoms with Crippen LogP contribution < -0.4 is 5.32 Å². The number of nitrogens with one attached hydrogen (secondary N) is 1. The van der Waals surface area contributed by atoms with Crippen molar-refractivity contribution in [3.8, 4) is 0 Å². The van der Waals surface area contributed by atoms with Gasteiger partial charge in [0.1, 0.15) is 0 Å². The summed E-state index contributed by atoms with van der Waals surface area (Å²) in [6, 6.07) is 0. The van der Waals surface area contributed by atoms with Crippen LogP contribution in [0.25, 0.3) is 0 Å². The van der Waals surface area contributed by atoms with Gasteiger partial charge in [-0.1, -0.05) is 11.6 Å². The van der Waals surface area contributed by atoms with Crippen molar-refractivity contribution in [2.45, 2.75) is 19.8 Å². The van der Waals surface area contributed by atoms with E-state index in [1.165, 1.54) is 25.0 Å². The summed E-state index contributed by atoms with van der Waals surface area (Å²) in [5.74, 6) is 0. The van der Waals surface area contributed by atoms with Crippen molar-refractivity contribution >= 4 is 0 Å². The lowest BCUT2D eigenvalue weighted by Crippen LogP contribution is -2.14. The van der Waals surface area contributed by atoms with Crippen LogP contribution in [-0.2, 0) is 0 Å². The largest absolute Gasteiger partial charge is 0.313 e. The molecule has 0 saturated heterocycles. The average molecular weight is 111 g/mol. The van der Waals surface area contributed by atoms with E-state index in [4.69, 9.17) is 0 Å².